The molecule has 0 aromatic heterocycles. The van der Waals surface area contributed by atoms with Crippen molar-refractivity contribution < 1.29 is 50.1 Å². The summed E-state index contributed by atoms with van der Waals surface area (Å²) in [4.78, 5) is 27.8. The van der Waals surface area contributed by atoms with E-state index in [9.17, 15) is 19.5 Å². The summed E-state index contributed by atoms with van der Waals surface area (Å²) < 4.78 is 0. The van der Waals surface area contributed by atoms with Gasteiger partial charge in [-0.25, -0.2) is 14.4 Å². The fourth-order valence-corrected chi connectivity index (χ4v) is 1.04. The molecule has 10 heteroatoms. The van der Waals surface area contributed by atoms with Crippen LogP contribution in [-0.2, 0) is 14.4 Å². The Morgan fingerprint density at radius 3 is 1.00 bits per heavy atom. The van der Waals surface area contributed by atoms with E-state index in [0.29, 0.717) is 6.42 Å². The average Bonchev–Trinajstić information content (AvgIpc) is 2.64. The van der Waals surface area contributed by atoms with Gasteiger partial charge in [-0.3, -0.25) is 0 Å². The second kappa shape index (κ2) is 18.3. The van der Waals surface area contributed by atoms with Crippen molar-refractivity contribution in [2.24, 2.45) is 5.41 Å². The van der Waals surface area contributed by atoms with Crippen LogP contribution >= 0.6 is 0 Å². The molecule has 0 aliphatic heterocycles. The highest BCUT2D eigenvalue weighted by Gasteiger charge is 2.44. The number of hydrogen-bond acceptors (Lipinski definition) is 7. The lowest BCUT2D eigenvalue weighted by atomic mass is 9.73. The van der Waals surface area contributed by atoms with Crippen molar-refractivity contribution in [3.63, 3.8) is 0 Å². The minimum absolute atomic E-state index is 0.370. The monoisotopic (exact) mass is 394 g/mol. The molecule has 1 atom stereocenters. The summed E-state index contributed by atoms with van der Waals surface area (Å²) in [6, 6.07) is 0. The smallest absolute Gasteiger partial charge is 0.327 e. The van der Waals surface area contributed by atoms with Crippen LogP contribution < -0.4 is 0 Å². The molecule has 0 spiro atoms. The third kappa shape index (κ3) is 18.1. The molecule has 1 unspecified atom stereocenters. The number of hydrogen-bond donors (Lipinski definition) is 7. The SMILES string of the molecule is C=CC(=O)O.C=CC(=O)O.C=CC(=O)O.CCC(C)(O)C(CO)(CO)CO. The van der Waals surface area contributed by atoms with Gasteiger partial charge in [-0.1, -0.05) is 26.7 Å². The average molecular weight is 394 g/mol. The first-order chi connectivity index (χ1) is 12.3. The number of rotatable bonds is 8. The van der Waals surface area contributed by atoms with Crippen molar-refractivity contribution in [2.75, 3.05) is 19.8 Å². The summed E-state index contributed by atoms with van der Waals surface area (Å²) in [7, 11) is 0. The van der Waals surface area contributed by atoms with Crippen LogP contribution in [0.3, 0.4) is 0 Å². The molecule has 0 heterocycles. The largest absolute Gasteiger partial charge is 0.478 e. The van der Waals surface area contributed by atoms with E-state index < -0.39 is 48.7 Å². The van der Waals surface area contributed by atoms with Crippen molar-refractivity contribution in [1.82, 2.24) is 0 Å². The second-order valence-electron chi connectivity index (χ2n) is 5.01. The Balaban J connectivity index is -0.000000147. The third-order valence-electron chi connectivity index (χ3n) is 3.26. The van der Waals surface area contributed by atoms with Crippen LogP contribution in [0.5, 0.6) is 0 Å². The van der Waals surface area contributed by atoms with Gasteiger partial charge in [-0.15, -0.1) is 0 Å². The topological polar surface area (TPSA) is 193 Å². The van der Waals surface area contributed by atoms with E-state index in [1.165, 1.54) is 6.92 Å². The molecular formula is C17H30O10. The van der Waals surface area contributed by atoms with Gasteiger partial charge in [-0.2, -0.15) is 0 Å². The highest BCUT2D eigenvalue weighted by molar-refractivity contribution is 5.79. The molecule has 0 aliphatic rings. The Morgan fingerprint density at radius 1 is 0.778 bits per heavy atom. The minimum atomic E-state index is -1.24. The van der Waals surface area contributed by atoms with Gasteiger partial charge in [0.2, 0.25) is 0 Å². The predicted octanol–water partition coefficient (Wildman–Crippen LogP) is -0.118. The molecular weight excluding hydrogens is 364 g/mol. The van der Waals surface area contributed by atoms with E-state index in [0.717, 1.165) is 18.2 Å². The van der Waals surface area contributed by atoms with E-state index in [4.69, 9.17) is 30.6 Å². The number of aliphatic hydroxyl groups excluding tert-OH is 3. The van der Waals surface area contributed by atoms with Crippen molar-refractivity contribution in [2.45, 2.75) is 25.9 Å². The van der Waals surface area contributed by atoms with Gasteiger partial charge in [0.15, 0.2) is 0 Å². The van der Waals surface area contributed by atoms with E-state index >= 15 is 0 Å². The molecule has 0 saturated carbocycles. The fraction of sp³-hybridized carbons (Fsp3) is 0.471. The summed E-state index contributed by atoms with van der Waals surface area (Å²) >= 11 is 0. The van der Waals surface area contributed by atoms with Gasteiger partial charge in [0.05, 0.1) is 30.8 Å². The van der Waals surface area contributed by atoms with Crippen molar-refractivity contribution in [3.8, 4) is 0 Å². The summed E-state index contributed by atoms with van der Waals surface area (Å²) in [6.45, 7) is 10.8. The first-order valence-electron chi connectivity index (χ1n) is 7.42. The van der Waals surface area contributed by atoms with Crippen molar-refractivity contribution in [3.05, 3.63) is 38.0 Å². The van der Waals surface area contributed by atoms with Gasteiger partial charge < -0.3 is 35.7 Å². The van der Waals surface area contributed by atoms with Crippen molar-refractivity contribution in [1.29, 1.82) is 0 Å². The molecule has 0 fully saturated rings. The number of aliphatic hydroxyl groups is 4. The number of carboxylic acids is 3. The second-order valence-corrected chi connectivity index (χ2v) is 5.01. The normalized spacial score (nSPS) is 11.3. The Bertz CT molecular complexity index is 413. The zero-order valence-electron chi connectivity index (χ0n) is 15.5. The number of carboxylic acid groups (broad SMARTS) is 3. The zero-order valence-corrected chi connectivity index (χ0v) is 15.5. The molecule has 0 rings (SSSR count). The molecule has 0 amide bonds. The van der Waals surface area contributed by atoms with Crippen LogP contribution in [0.15, 0.2) is 38.0 Å². The van der Waals surface area contributed by atoms with Gasteiger partial charge >= 0.3 is 17.9 Å². The van der Waals surface area contributed by atoms with Crippen LogP contribution in [0.4, 0.5) is 0 Å². The van der Waals surface area contributed by atoms with E-state index in [-0.39, 0.29) is 0 Å². The lowest BCUT2D eigenvalue weighted by molar-refractivity contribution is -0.144. The maximum atomic E-state index is 9.75. The standard InChI is InChI=1S/C8H18O4.3C3H4O2/c1-3-7(2,12)8(4-9,5-10)6-11;3*1-2-3(4)5/h9-12H,3-6H2,1-2H3;3*2H,1H2,(H,4,5). The Kier molecular flexibility index (Phi) is 21.8. The highest BCUT2D eigenvalue weighted by atomic mass is 16.4. The Morgan fingerprint density at radius 2 is 0.963 bits per heavy atom. The molecule has 0 aliphatic carbocycles. The molecule has 0 aromatic carbocycles. The third-order valence-corrected chi connectivity index (χ3v) is 3.26. The molecule has 0 bridgehead atoms. The summed E-state index contributed by atoms with van der Waals surface area (Å²) in [5.74, 6) is -2.94. The maximum Gasteiger partial charge on any atom is 0.327 e. The van der Waals surface area contributed by atoms with Crippen LogP contribution in [0.25, 0.3) is 0 Å². The minimum Gasteiger partial charge on any atom is -0.478 e. The Hall–Kier alpha value is -2.53. The van der Waals surface area contributed by atoms with Crippen LogP contribution in [0, 0.1) is 5.41 Å². The number of aliphatic carboxylic acids is 3. The Labute approximate surface area is 158 Å². The van der Waals surface area contributed by atoms with Crippen LogP contribution in [-0.4, -0.2) is 79.1 Å². The van der Waals surface area contributed by atoms with Crippen LogP contribution in [0.2, 0.25) is 0 Å². The van der Waals surface area contributed by atoms with Gasteiger partial charge in [-0.05, 0) is 13.3 Å². The summed E-state index contributed by atoms with van der Waals surface area (Å²) in [5.41, 5.74) is -2.45. The molecule has 27 heavy (non-hydrogen) atoms. The molecule has 0 radical (unpaired) electrons. The van der Waals surface area contributed by atoms with Crippen LogP contribution in [0.1, 0.15) is 20.3 Å². The van der Waals surface area contributed by atoms with E-state index in [1.54, 1.807) is 6.92 Å². The van der Waals surface area contributed by atoms with E-state index in [2.05, 4.69) is 19.7 Å². The first kappa shape index (κ1) is 32.2. The molecule has 10 nitrogen and oxygen atoms in total. The van der Waals surface area contributed by atoms with Gasteiger partial charge in [0.25, 0.3) is 0 Å². The summed E-state index contributed by atoms with van der Waals surface area (Å²) in [6.07, 6.45) is 2.87. The lowest BCUT2D eigenvalue weighted by Crippen LogP contribution is -2.53. The molecule has 7 N–H and O–H groups in total. The van der Waals surface area contributed by atoms with Crippen molar-refractivity contribution >= 4 is 17.9 Å². The van der Waals surface area contributed by atoms with E-state index in [1.807, 2.05) is 0 Å². The summed E-state index contributed by atoms with van der Waals surface area (Å²) in [5, 5.41) is 59.5. The van der Waals surface area contributed by atoms with Gasteiger partial charge in [0.1, 0.15) is 0 Å². The molecule has 158 valence electrons. The lowest BCUT2D eigenvalue weighted by Gasteiger charge is -2.41. The molecule has 0 aromatic rings. The quantitative estimate of drug-likeness (QED) is 0.273. The van der Waals surface area contributed by atoms with Gasteiger partial charge in [0, 0.05) is 18.2 Å². The zero-order chi connectivity index (χ0) is 22.7. The number of carbonyl (C=O) groups is 3. The molecule has 0 saturated heterocycles. The highest BCUT2D eigenvalue weighted by Crippen LogP contribution is 2.32. The fourth-order valence-electron chi connectivity index (χ4n) is 1.04. The first-order valence-corrected chi connectivity index (χ1v) is 7.42. The predicted molar refractivity (Wildman–Crippen MR) is 98.1 cm³/mol. The maximum absolute atomic E-state index is 9.75.